The fourth-order valence-corrected chi connectivity index (χ4v) is 2.67. The Morgan fingerprint density at radius 1 is 0.929 bits per heavy atom. The molecule has 2 N–H and O–H groups in total. The molecule has 0 bridgehead atoms. The third-order valence-corrected chi connectivity index (χ3v) is 4.12. The van der Waals surface area contributed by atoms with E-state index in [9.17, 15) is 0 Å². The van der Waals surface area contributed by atoms with Crippen LogP contribution in [-0.2, 0) is 6.42 Å². The van der Waals surface area contributed by atoms with Crippen molar-refractivity contribution in [3.05, 3.63) is 66.0 Å². The van der Waals surface area contributed by atoms with E-state index < -0.39 is 0 Å². The van der Waals surface area contributed by atoms with E-state index in [1.165, 1.54) is 6.33 Å². The van der Waals surface area contributed by atoms with Crippen LogP contribution in [0, 0.1) is 11.3 Å². The second-order valence-electron chi connectivity index (χ2n) is 5.97. The number of benzene rings is 2. The van der Waals surface area contributed by atoms with Gasteiger partial charge in [-0.1, -0.05) is 6.07 Å². The summed E-state index contributed by atoms with van der Waals surface area (Å²) in [7, 11) is 3.25. The Morgan fingerprint density at radius 3 is 2.39 bits per heavy atom. The third-order valence-electron chi connectivity index (χ3n) is 4.12. The van der Waals surface area contributed by atoms with Crippen molar-refractivity contribution in [1.82, 2.24) is 9.97 Å². The van der Waals surface area contributed by atoms with E-state index in [0.717, 1.165) is 29.2 Å². The fourth-order valence-electron chi connectivity index (χ4n) is 2.67. The normalized spacial score (nSPS) is 10.0. The molecule has 3 aromatic rings. The van der Waals surface area contributed by atoms with Crippen LogP contribution in [0.4, 0.5) is 17.3 Å². The molecule has 0 unspecified atom stereocenters. The molecule has 0 fully saturated rings. The number of nitrogens with one attached hydrogen (secondary N) is 2. The number of hydrogen-bond acceptors (Lipinski definition) is 7. The number of anilines is 3. The van der Waals surface area contributed by atoms with Gasteiger partial charge in [0.15, 0.2) is 11.5 Å². The summed E-state index contributed by atoms with van der Waals surface area (Å²) in [5.74, 6) is 2.84. The molecule has 0 saturated heterocycles. The van der Waals surface area contributed by atoms with Gasteiger partial charge in [0.25, 0.3) is 0 Å². The standard InChI is InChI=1S/C21H21N5O2/c1-27-18-8-5-15(11-19(18)28-2)9-10-23-20-12-21(25-14-24-20)26-17-6-3-16(13-22)4-7-17/h3-8,11-12,14H,9-10H2,1-2H3,(H2,23,24,25,26). The predicted molar refractivity (Wildman–Crippen MR) is 108 cm³/mol. The average Bonchev–Trinajstić information content (AvgIpc) is 2.74. The molecular weight excluding hydrogens is 354 g/mol. The van der Waals surface area contributed by atoms with Gasteiger partial charge in [0.1, 0.15) is 18.0 Å². The summed E-state index contributed by atoms with van der Waals surface area (Å²) in [5.41, 5.74) is 2.61. The summed E-state index contributed by atoms with van der Waals surface area (Å²) in [6, 6.07) is 17.0. The fraction of sp³-hybridized carbons (Fsp3) is 0.190. The van der Waals surface area contributed by atoms with E-state index in [2.05, 4.69) is 26.7 Å². The zero-order valence-corrected chi connectivity index (χ0v) is 15.8. The topological polar surface area (TPSA) is 92.1 Å². The lowest BCUT2D eigenvalue weighted by molar-refractivity contribution is 0.354. The number of nitrogens with zero attached hydrogens (tertiary/aromatic N) is 3. The van der Waals surface area contributed by atoms with Gasteiger partial charge in [0.05, 0.1) is 25.9 Å². The number of aromatic nitrogens is 2. The monoisotopic (exact) mass is 375 g/mol. The molecule has 0 radical (unpaired) electrons. The number of nitriles is 1. The highest BCUT2D eigenvalue weighted by atomic mass is 16.5. The summed E-state index contributed by atoms with van der Waals surface area (Å²) >= 11 is 0. The molecule has 0 saturated carbocycles. The van der Waals surface area contributed by atoms with Crippen molar-refractivity contribution >= 4 is 17.3 Å². The Labute approximate surface area is 164 Å². The van der Waals surface area contributed by atoms with Crippen LogP contribution in [-0.4, -0.2) is 30.7 Å². The van der Waals surface area contributed by atoms with E-state index in [-0.39, 0.29) is 0 Å². The van der Waals surface area contributed by atoms with Crippen LogP contribution < -0.4 is 20.1 Å². The molecular formula is C21H21N5O2. The maximum atomic E-state index is 8.86. The summed E-state index contributed by atoms with van der Waals surface area (Å²) in [6.07, 6.45) is 2.31. The third kappa shape index (κ3) is 4.89. The lowest BCUT2D eigenvalue weighted by atomic mass is 10.1. The maximum Gasteiger partial charge on any atom is 0.160 e. The first-order chi connectivity index (χ1) is 13.7. The Balaban J connectivity index is 1.58. The predicted octanol–water partition coefficient (Wildman–Crippen LogP) is 3.76. The van der Waals surface area contributed by atoms with Crippen LogP contribution in [0.1, 0.15) is 11.1 Å². The van der Waals surface area contributed by atoms with Crippen LogP contribution in [0.25, 0.3) is 0 Å². The van der Waals surface area contributed by atoms with Gasteiger partial charge in [-0.15, -0.1) is 0 Å². The Kier molecular flexibility index (Phi) is 6.26. The molecule has 3 rings (SSSR count). The minimum Gasteiger partial charge on any atom is -0.493 e. The van der Waals surface area contributed by atoms with Gasteiger partial charge >= 0.3 is 0 Å². The minimum atomic E-state index is 0.616. The van der Waals surface area contributed by atoms with Gasteiger partial charge < -0.3 is 20.1 Å². The van der Waals surface area contributed by atoms with Gasteiger partial charge in [-0.3, -0.25) is 0 Å². The molecule has 7 heteroatoms. The summed E-state index contributed by atoms with van der Waals surface area (Å²) < 4.78 is 10.6. The molecule has 0 aliphatic carbocycles. The van der Waals surface area contributed by atoms with E-state index in [1.54, 1.807) is 26.4 Å². The molecule has 1 aromatic heterocycles. The quantitative estimate of drug-likeness (QED) is 0.619. The largest absolute Gasteiger partial charge is 0.493 e. The Morgan fingerprint density at radius 2 is 1.68 bits per heavy atom. The second kappa shape index (κ2) is 9.24. The first kappa shape index (κ1) is 19.0. The maximum absolute atomic E-state index is 8.86. The van der Waals surface area contributed by atoms with Crippen molar-refractivity contribution in [2.45, 2.75) is 6.42 Å². The molecule has 0 aliphatic heterocycles. The first-order valence-corrected chi connectivity index (χ1v) is 8.76. The van der Waals surface area contributed by atoms with Gasteiger partial charge in [-0.2, -0.15) is 5.26 Å². The zero-order chi connectivity index (χ0) is 19.8. The molecule has 0 aliphatic rings. The number of hydrogen-bond donors (Lipinski definition) is 2. The van der Waals surface area contributed by atoms with Gasteiger partial charge in [0, 0.05) is 18.3 Å². The molecule has 142 valence electrons. The van der Waals surface area contributed by atoms with Gasteiger partial charge in [0.2, 0.25) is 0 Å². The molecule has 0 spiro atoms. The van der Waals surface area contributed by atoms with Crippen molar-refractivity contribution in [1.29, 1.82) is 5.26 Å². The van der Waals surface area contributed by atoms with E-state index in [4.69, 9.17) is 14.7 Å². The van der Waals surface area contributed by atoms with E-state index in [1.807, 2.05) is 36.4 Å². The first-order valence-electron chi connectivity index (χ1n) is 8.76. The highest BCUT2D eigenvalue weighted by Gasteiger charge is 2.05. The number of methoxy groups -OCH3 is 2. The van der Waals surface area contributed by atoms with Crippen molar-refractivity contribution in [3.63, 3.8) is 0 Å². The summed E-state index contributed by atoms with van der Waals surface area (Å²) in [6.45, 7) is 0.711. The lowest BCUT2D eigenvalue weighted by Crippen LogP contribution is -2.07. The molecule has 28 heavy (non-hydrogen) atoms. The number of rotatable bonds is 8. The van der Waals surface area contributed by atoms with E-state index in [0.29, 0.717) is 23.7 Å². The van der Waals surface area contributed by atoms with E-state index >= 15 is 0 Å². The van der Waals surface area contributed by atoms with Crippen LogP contribution in [0.2, 0.25) is 0 Å². The Hall–Kier alpha value is -3.79. The Bertz CT molecular complexity index is 967. The molecule has 1 heterocycles. The summed E-state index contributed by atoms with van der Waals surface area (Å²) in [5, 5.41) is 15.4. The molecule has 0 amide bonds. The smallest absolute Gasteiger partial charge is 0.160 e. The van der Waals surface area contributed by atoms with Crippen molar-refractivity contribution in [3.8, 4) is 17.6 Å². The lowest BCUT2D eigenvalue weighted by Gasteiger charge is -2.11. The van der Waals surface area contributed by atoms with Crippen LogP contribution >= 0.6 is 0 Å². The highest BCUT2D eigenvalue weighted by Crippen LogP contribution is 2.27. The average molecular weight is 375 g/mol. The molecule has 7 nitrogen and oxygen atoms in total. The van der Waals surface area contributed by atoms with Crippen molar-refractivity contribution in [2.24, 2.45) is 0 Å². The number of ether oxygens (including phenoxy) is 2. The van der Waals surface area contributed by atoms with Crippen LogP contribution in [0.15, 0.2) is 54.9 Å². The minimum absolute atomic E-state index is 0.616. The zero-order valence-electron chi connectivity index (χ0n) is 15.8. The van der Waals surface area contributed by atoms with Crippen molar-refractivity contribution in [2.75, 3.05) is 31.4 Å². The highest BCUT2D eigenvalue weighted by molar-refractivity contribution is 5.59. The second-order valence-corrected chi connectivity index (χ2v) is 5.97. The van der Waals surface area contributed by atoms with Gasteiger partial charge in [-0.05, 0) is 48.4 Å². The van der Waals surface area contributed by atoms with Gasteiger partial charge in [-0.25, -0.2) is 9.97 Å². The van der Waals surface area contributed by atoms with Crippen LogP contribution in [0.3, 0.4) is 0 Å². The molecule has 2 aromatic carbocycles. The van der Waals surface area contributed by atoms with Crippen LogP contribution in [0.5, 0.6) is 11.5 Å². The molecule has 0 atom stereocenters. The van der Waals surface area contributed by atoms with Crippen molar-refractivity contribution < 1.29 is 9.47 Å². The SMILES string of the molecule is COc1ccc(CCNc2cc(Nc3ccc(C#N)cc3)ncn2)cc1OC. The summed E-state index contributed by atoms with van der Waals surface area (Å²) in [4.78, 5) is 8.48.